The summed E-state index contributed by atoms with van der Waals surface area (Å²) in [4.78, 5) is 48.5. The summed E-state index contributed by atoms with van der Waals surface area (Å²) in [5.41, 5.74) is -2.46. The zero-order valence-electron chi connectivity index (χ0n) is 9.55. The van der Waals surface area contributed by atoms with E-state index in [1.165, 1.54) is 0 Å². The molecule has 9 nitrogen and oxygen atoms in total. The van der Waals surface area contributed by atoms with Gasteiger partial charge in [0, 0.05) is 12.1 Å². The van der Waals surface area contributed by atoms with Crippen LogP contribution in [0.5, 0.6) is 0 Å². The molecule has 1 heterocycles. The quantitative estimate of drug-likeness (QED) is 0.442. The van der Waals surface area contributed by atoms with Gasteiger partial charge in [0.15, 0.2) is 0 Å². The fraction of sp³-hybridized carbons (Fsp3) is 0.100. The zero-order valence-corrected chi connectivity index (χ0v) is 9.55. The van der Waals surface area contributed by atoms with Crippen LogP contribution in [-0.4, -0.2) is 28.0 Å². The molecule has 0 aliphatic rings. The number of fused-ring (bicyclic) bond motifs is 1. The van der Waals surface area contributed by atoms with Crippen LogP contribution < -0.4 is 11.2 Å². The first-order chi connectivity index (χ1) is 8.93. The highest BCUT2D eigenvalue weighted by molar-refractivity contribution is 6.03. The number of non-ortho nitro benzene ring substituents is 1. The summed E-state index contributed by atoms with van der Waals surface area (Å²) in [6.45, 7) is 0. The number of hydrogen-bond donors (Lipinski definition) is 2. The van der Waals surface area contributed by atoms with Crippen molar-refractivity contribution in [3.8, 4) is 0 Å². The molecule has 19 heavy (non-hydrogen) atoms. The second-order valence-corrected chi connectivity index (χ2v) is 3.57. The molecule has 0 amide bonds. The van der Waals surface area contributed by atoms with Crippen LogP contribution in [0.15, 0.2) is 21.7 Å². The molecule has 0 unspecified atom stereocenters. The van der Waals surface area contributed by atoms with E-state index in [9.17, 15) is 24.5 Å². The number of methoxy groups -OCH3 is 1. The number of nitrogens with zero attached hydrogens (tertiary/aromatic N) is 1. The van der Waals surface area contributed by atoms with Gasteiger partial charge in [0.1, 0.15) is 0 Å². The first-order valence-electron chi connectivity index (χ1n) is 4.97. The number of aromatic amines is 2. The van der Waals surface area contributed by atoms with Gasteiger partial charge in [-0.15, -0.1) is 0 Å². The monoisotopic (exact) mass is 265 g/mol. The van der Waals surface area contributed by atoms with Gasteiger partial charge in [-0.2, -0.15) is 0 Å². The van der Waals surface area contributed by atoms with E-state index >= 15 is 0 Å². The first kappa shape index (κ1) is 12.5. The lowest BCUT2D eigenvalue weighted by Crippen LogP contribution is -2.23. The van der Waals surface area contributed by atoms with Crippen molar-refractivity contribution < 1.29 is 14.5 Å². The largest absolute Gasteiger partial charge is 0.465 e. The predicted molar refractivity (Wildman–Crippen MR) is 63.2 cm³/mol. The van der Waals surface area contributed by atoms with Crippen LogP contribution in [0, 0.1) is 10.1 Å². The van der Waals surface area contributed by atoms with Crippen LogP contribution in [0.4, 0.5) is 5.69 Å². The number of esters is 1. The molecule has 0 radical (unpaired) electrons. The van der Waals surface area contributed by atoms with Crippen molar-refractivity contribution in [3.05, 3.63) is 48.6 Å². The Morgan fingerprint density at radius 1 is 1.32 bits per heavy atom. The Labute approximate surface area is 104 Å². The molecule has 2 aromatic rings. The predicted octanol–water partition coefficient (Wildman–Crippen LogP) is -0.0888. The second kappa shape index (κ2) is 4.37. The second-order valence-electron chi connectivity index (χ2n) is 3.57. The number of ether oxygens (including phenoxy) is 1. The molecule has 2 rings (SSSR count). The maximum Gasteiger partial charge on any atom is 0.340 e. The van der Waals surface area contributed by atoms with E-state index in [4.69, 9.17) is 0 Å². The Morgan fingerprint density at radius 3 is 2.58 bits per heavy atom. The molecule has 1 aromatic heterocycles. The Balaban J connectivity index is 2.98. The van der Waals surface area contributed by atoms with Gasteiger partial charge in [0.25, 0.3) is 11.2 Å². The average Bonchev–Trinajstić information content (AvgIpc) is 2.36. The summed E-state index contributed by atoms with van der Waals surface area (Å²) < 4.78 is 4.46. The van der Waals surface area contributed by atoms with Crippen molar-refractivity contribution in [1.82, 2.24) is 9.97 Å². The highest BCUT2D eigenvalue weighted by Crippen LogP contribution is 2.21. The van der Waals surface area contributed by atoms with Gasteiger partial charge in [-0.3, -0.25) is 19.9 Å². The maximum absolute atomic E-state index is 11.6. The van der Waals surface area contributed by atoms with E-state index in [0.717, 1.165) is 19.2 Å². The van der Waals surface area contributed by atoms with Crippen LogP contribution in [0.1, 0.15) is 10.4 Å². The van der Waals surface area contributed by atoms with E-state index in [1.807, 2.05) is 4.98 Å². The Bertz CT molecular complexity index is 803. The van der Waals surface area contributed by atoms with Crippen molar-refractivity contribution >= 4 is 22.6 Å². The number of nitro benzene ring substituents is 1. The lowest BCUT2D eigenvalue weighted by Gasteiger charge is -2.04. The topological polar surface area (TPSA) is 135 Å². The van der Waals surface area contributed by atoms with Crippen molar-refractivity contribution in [2.45, 2.75) is 0 Å². The van der Waals surface area contributed by atoms with Crippen LogP contribution >= 0.6 is 0 Å². The molecule has 0 aliphatic carbocycles. The fourth-order valence-corrected chi connectivity index (χ4v) is 1.63. The number of rotatable bonds is 2. The fourth-order valence-electron chi connectivity index (χ4n) is 1.63. The summed E-state index contributed by atoms with van der Waals surface area (Å²) in [6, 6.07) is 1.90. The minimum absolute atomic E-state index is 0.105. The summed E-state index contributed by atoms with van der Waals surface area (Å²) in [5, 5.41) is 10.6. The van der Waals surface area contributed by atoms with Gasteiger partial charge in [-0.05, 0) is 0 Å². The van der Waals surface area contributed by atoms with E-state index in [1.54, 1.807) is 0 Å². The van der Waals surface area contributed by atoms with Crippen molar-refractivity contribution in [3.63, 3.8) is 0 Å². The van der Waals surface area contributed by atoms with Gasteiger partial charge >= 0.3 is 11.7 Å². The third-order valence-electron chi connectivity index (χ3n) is 2.45. The van der Waals surface area contributed by atoms with Crippen LogP contribution in [0.25, 0.3) is 10.9 Å². The number of benzene rings is 1. The SMILES string of the molecule is COC(=O)c1cc([N+](=O)[O-])cc2c(=O)[nH]c(=O)[nH]c12. The zero-order chi connectivity index (χ0) is 14.2. The van der Waals surface area contributed by atoms with Crippen LogP contribution in [0.2, 0.25) is 0 Å². The number of carbonyl (C=O) groups is 1. The molecule has 0 bridgehead atoms. The van der Waals surface area contributed by atoms with Crippen molar-refractivity contribution in [2.24, 2.45) is 0 Å². The lowest BCUT2D eigenvalue weighted by atomic mass is 10.1. The van der Waals surface area contributed by atoms with Crippen LogP contribution in [-0.2, 0) is 4.74 Å². The van der Waals surface area contributed by atoms with E-state index in [-0.39, 0.29) is 16.5 Å². The summed E-state index contributed by atoms with van der Waals surface area (Å²) in [5.74, 6) is -0.894. The average molecular weight is 265 g/mol. The summed E-state index contributed by atoms with van der Waals surface area (Å²) in [7, 11) is 1.08. The molecule has 0 saturated heterocycles. The number of nitrogens with one attached hydrogen (secondary N) is 2. The van der Waals surface area contributed by atoms with Crippen LogP contribution in [0.3, 0.4) is 0 Å². The molecule has 0 atom stereocenters. The van der Waals surface area contributed by atoms with E-state index in [0.29, 0.717) is 0 Å². The van der Waals surface area contributed by atoms with Gasteiger partial charge in [0.05, 0.1) is 28.5 Å². The smallest absolute Gasteiger partial charge is 0.340 e. The van der Waals surface area contributed by atoms with Gasteiger partial charge in [-0.25, -0.2) is 9.59 Å². The highest BCUT2D eigenvalue weighted by atomic mass is 16.6. The van der Waals surface area contributed by atoms with E-state index in [2.05, 4.69) is 9.72 Å². The Kier molecular flexibility index (Phi) is 2.87. The van der Waals surface area contributed by atoms with E-state index < -0.39 is 27.8 Å². The molecule has 0 fully saturated rings. The van der Waals surface area contributed by atoms with Crippen molar-refractivity contribution in [1.29, 1.82) is 0 Å². The Hall–Kier alpha value is -2.97. The van der Waals surface area contributed by atoms with Gasteiger partial charge < -0.3 is 9.72 Å². The van der Waals surface area contributed by atoms with Gasteiger partial charge in [0.2, 0.25) is 0 Å². The third kappa shape index (κ3) is 2.08. The first-order valence-corrected chi connectivity index (χ1v) is 4.97. The Morgan fingerprint density at radius 2 is 2.00 bits per heavy atom. The number of carbonyl (C=O) groups excluding carboxylic acids is 1. The minimum Gasteiger partial charge on any atom is -0.465 e. The standard InChI is InChI=1S/C10H7N3O6/c1-19-9(15)6-3-4(13(17)18)2-5-7(6)11-10(16)12-8(5)14/h2-3H,1H3,(H2,11,12,14,16). The number of H-pyrrole nitrogens is 2. The third-order valence-corrected chi connectivity index (χ3v) is 2.45. The maximum atomic E-state index is 11.6. The summed E-state index contributed by atoms with van der Waals surface area (Å²) >= 11 is 0. The number of aromatic nitrogens is 2. The molecule has 0 aliphatic heterocycles. The summed E-state index contributed by atoms with van der Waals surface area (Å²) in [6.07, 6.45) is 0. The molecule has 2 N–H and O–H groups in total. The minimum atomic E-state index is -0.894. The number of hydrogen-bond acceptors (Lipinski definition) is 6. The normalized spacial score (nSPS) is 10.4. The molecule has 98 valence electrons. The van der Waals surface area contributed by atoms with Crippen molar-refractivity contribution in [2.75, 3.05) is 7.11 Å². The molecule has 1 aromatic carbocycles. The highest BCUT2D eigenvalue weighted by Gasteiger charge is 2.19. The molecule has 9 heteroatoms. The molecular formula is C10H7N3O6. The molecule has 0 spiro atoms. The van der Waals surface area contributed by atoms with Gasteiger partial charge in [-0.1, -0.05) is 0 Å². The lowest BCUT2D eigenvalue weighted by molar-refractivity contribution is -0.384. The number of nitro groups is 1. The molecular weight excluding hydrogens is 258 g/mol. The molecule has 0 saturated carbocycles.